The summed E-state index contributed by atoms with van der Waals surface area (Å²) >= 11 is 0. The van der Waals surface area contributed by atoms with Crippen LogP contribution in [-0.2, 0) is 6.54 Å². The van der Waals surface area contributed by atoms with E-state index in [1.165, 1.54) is 0 Å². The number of hydrogen-bond donors (Lipinski definition) is 1. The largest absolute Gasteiger partial charge is 0.494 e. The first kappa shape index (κ1) is 14.0. The van der Waals surface area contributed by atoms with Crippen LogP contribution in [0.25, 0.3) is 11.4 Å². The van der Waals surface area contributed by atoms with Crippen LogP contribution in [0.1, 0.15) is 19.2 Å². The summed E-state index contributed by atoms with van der Waals surface area (Å²) in [4.78, 5) is 6.51. The molecule has 0 saturated carbocycles. The molecule has 0 unspecified atom stereocenters. The first-order chi connectivity index (χ1) is 10.2. The summed E-state index contributed by atoms with van der Waals surface area (Å²) in [6.07, 6.45) is 0.568. The predicted octanol–water partition coefficient (Wildman–Crippen LogP) is 1.70. The van der Waals surface area contributed by atoms with Crippen LogP contribution in [0.4, 0.5) is 0 Å². The van der Waals surface area contributed by atoms with Gasteiger partial charge in [-0.25, -0.2) is 0 Å². The number of aliphatic hydroxyl groups is 1. The van der Waals surface area contributed by atoms with E-state index >= 15 is 0 Å². The van der Waals surface area contributed by atoms with Gasteiger partial charge in [-0.2, -0.15) is 4.98 Å². The number of benzene rings is 1. The maximum atomic E-state index is 9.51. The Hall–Kier alpha value is -1.92. The molecule has 2 heterocycles. The highest BCUT2D eigenvalue weighted by Crippen LogP contribution is 2.21. The normalized spacial score (nSPS) is 19.0. The first-order valence-electron chi connectivity index (χ1n) is 7.21. The van der Waals surface area contributed by atoms with Gasteiger partial charge in [-0.15, -0.1) is 0 Å². The second-order valence-corrected chi connectivity index (χ2v) is 5.15. The molecule has 6 heteroatoms. The van der Waals surface area contributed by atoms with Crippen LogP contribution < -0.4 is 4.74 Å². The second-order valence-electron chi connectivity index (χ2n) is 5.15. The summed E-state index contributed by atoms with van der Waals surface area (Å²) in [6.45, 7) is 4.71. The molecule has 0 amide bonds. The number of aliphatic hydroxyl groups excluding tert-OH is 1. The summed E-state index contributed by atoms with van der Waals surface area (Å²) < 4.78 is 10.7. The van der Waals surface area contributed by atoms with Gasteiger partial charge in [0.1, 0.15) is 5.75 Å². The quantitative estimate of drug-likeness (QED) is 0.903. The highest BCUT2D eigenvalue weighted by atomic mass is 16.5. The lowest BCUT2D eigenvalue weighted by Gasteiger charge is -2.10. The summed E-state index contributed by atoms with van der Waals surface area (Å²) in [5.74, 6) is 1.98. The van der Waals surface area contributed by atoms with Gasteiger partial charge in [0.05, 0.1) is 19.3 Å². The predicted molar refractivity (Wildman–Crippen MR) is 76.8 cm³/mol. The molecule has 1 aliphatic rings. The zero-order valence-electron chi connectivity index (χ0n) is 12.0. The minimum absolute atomic E-state index is 0.237. The van der Waals surface area contributed by atoms with Crippen LogP contribution in [0.2, 0.25) is 0 Å². The van der Waals surface area contributed by atoms with Crippen LogP contribution >= 0.6 is 0 Å². The molecule has 1 aromatic carbocycles. The Bertz CT molecular complexity index is 582. The molecule has 0 aliphatic carbocycles. The average Bonchev–Trinajstić information content (AvgIpc) is 3.10. The van der Waals surface area contributed by atoms with Gasteiger partial charge in [-0.3, -0.25) is 4.90 Å². The smallest absolute Gasteiger partial charge is 0.241 e. The van der Waals surface area contributed by atoms with Crippen LogP contribution in [0.3, 0.4) is 0 Å². The fourth-order valence-electron chi connectivity index (χ4n) is 2.45. The number of ether oxygens (including phenoxy) is 1. The summed E-state index contributed by atoms with van der Waals surface area (Å²) in [6, 6.07) is 7.62. The van der Waals surface area contributed by atoms with E-state index < -0.39 is 0 Å². The fraction of sp³-hybridized carbons (Fsp3) is 0.467. The van der Waals surface area contributed by atoms with Crippen LogP contribution in [0, 0.1) is 0 Å². The van der Waals surface area contributed by atoms with Crippen molar-refractivity contribution < 1.29 is 14.4 Å². The lowest BCUT2D eigenvalue weighted by atomic mass is 10.2. The van der Waals surface area contributed by atoms with Crippen LogP contribution in [0.5, 0.6) is 5.75 Å². The number of aromatic nitrogens is 2. The third-order valence-corrected chi connectivity index (χ3v) is 3.50. The van der Waals surface area contributed by atoms with Crippen molar-refractivity contribution in [1.29, 1.82) is 0 Å². The van der Waals surface area contributed by atoms with Gasteiger partial charge >= 0.3 is 0 Å². The number of likely N-dealkylation sites (tertiary alicyclic amines) is 1. The number of hydrogen-bond acceptors (Lipinski definition) is 6. The maximum Gasteiger partial charge on any atom is 0.241 e. The minimum Gasteiger partial charge on any atom is -0.494 e. The second kappa shape index (κ2) is 6.24. The highest BCUT2D eigenvalue weighted by molar-refractivity contribution is 5.55. The Morgan fingerprint density at radius 2 is 2.19 bits per heavy atom. The van der Waals surface area contributed by atoms with Gasteiger partial charge in [0.15, 0.2) is 0 Å². The molecule has 0 bridgehead atoms. The molecular weight excluding hydrogens is 270 g/mol. The van der Waals surface area contributed by atoms with Gasteiger partial charge in [0.2, 0.25) is 11.7 Å². The Balaban J connectivity index is 1.66. The molecule has 3 rings (SSSR count). The van der Waals surface area contributed by atoms with Crippen molar-refractivity contribution >= 4 is 0 Å². The molecule has 0 radical (unpaired) electrons. The van der Waals surface area contributed by atoms with E-state index in [9.17, 15) is 5.11 Å². The van der Waals surface area contributed by atoms with Crippen molar-refractivity contribution in [3.05, 3.63) is 30.2 Å². The van der Waals surface area contributed by atoms with E-state index in [0.29, 0.717) is 31.4 Å². The monoisotopic (exact) mass is 289 g/mol. The molecule has 0 spiro atoms. The van der Waals surface area contributed by atoms with Crippen molar-refractivity contribution in [2.75, 3.05) is 19.7 Å². The highest BCUT2D eigenvalue weighted by Gasteiger charge is 2.22. The minimum atomic E-state index is -0.237. The van der Waals surface area contributed by atoms with Gasteiger partial charge in [-0.05, 0) is 37.6 Å². The molecule has 1 atom stereocenters. The summed E-state index contributed by atoms with van der Waals surface area (Å²) in [7, 11) is 0. The van der Waals surface area contributed by atoms with Crippen LogP contribution in [-0.4, -0.2) is 45.9 Å². The molecule has 21 heavy (non-hydrogen) atoms. The lowest BCUT2D eigenvalue weighted by molar-refractivity contribution is 0.169. The maximum absolute atomic E-state index is 9.51. The van der Waals surface area contributed by atoms with Crippen LogP contribution in [0.15, 0.2) is 28.8 Å². The zero-order chi connectivity index (χ0) is 14.7. The van der Waals surface area contributed by atoms with Gasteiger partial charge in [0, 0.05) is 18.7 Å². The summed E-state index contributed by atoms with van der Waals surface area (Å²) in [5, 5.41) is 13.5. The number of β-amino-alcohol motifs (C(OH)–C–C–N with tert-alkyl or cyclic N) is 1. The van der Waals surface area contributed by atoms with E-state index in [-0.39, 0.29) is 6.10 Å². The molecule has 1 saturated heterocycles. The standard InChI is InChI=1S/C15H19N3O3/c1-2-20-13-5-3-11(4-6-13)15-16-14(21-17-15)10-18-8-7-12(19)9-18/h3-6,12,19H,2,7-10H2,1H3/t12-/m0/s1. The SMILES string of the molecule is CCOc1ccc(-c2noc(CN3CC[C@H](O)C3)n2)cc1. The molecule has 1 fully saturated rings. The molecule has 1 aliphatic heterocycles. The van der Waals surface area contributed by atoms with Gasteiger partial charge < -0.3 is 14.4 Å². The number of rotatable bonds is 5. The van der Waals surface area contributed by atoms with E-state index in [2.05, 4.69) is 15.0 Å². The lowest BCUT2D eigenvalue weighted by Crippen LogP contribution is -2.21. The van der Waals surface area contributed by atoms with Gasteiger partial charge in [0.25, 0.3) is 0 Å². The zero-order valence-corrected chi connectivity index (χ0v) is 12.0. The Labute approximate surface area is 123 Å². The Morgan fingerprint density at radius 3 is 2.86 bits per heavy atom. The van der Waals surface area contributed by atoms with E-state index in [0.717, 1.165) is 24.3 Å². The average molecular weight is 289 g/mol. The third kappa shape index (κ3) is 3.40. The summed E-state index contributed by atoms with van der Waals surface area (Å²) in [5.41, 5.74) is 0.898. The van der Waals surface area contributed by atoms with E-state index in [1.54, 1.807) is 0 Å². The molecule has 2 aromatic rings. The van der Waals surface area contributed by atoms with E-state index in [4.69, 9.17) is 9.26 Å². The van der Waals surface area contributed by atoms with Crippen molar-refractivity contribution in [2.24, 2.45) is 0 Å². The van der Waals surface area contributed by atoms with Crippen molar-refractivity contribution in [3.63, 3.8) is 0 Å². The van der Waals surface area contributed by atoms with E-state index in [1.807, 2.05) is 31.2 Å². The Morgan fingerprint density at radius 1 is 1.38 bits per heavy atom. The third-order valence-electron chi connectivity index (χ3n) is 3.50. The molecular formula is C15H19N3O3. The first-order valence-corrected chi connectivity index (χ1v) is 7.21. The van der Waals surface area contributed by atoms with Gasteiger partial charge in [-0.1, -0.05) is 5.16 Å². The van der Waals surface area contributed by atoms with Crippen molar-refractivity contribution in [1.82, 2.24) is 15.0 Å². The van der Waals surface area contributed by atoms with Crippen molar-refractivity contribution in [3.8, 4) is 17.1 Å². The molecule has 6 nitrogen and oxygen atoms in total. The fourth-order valence-corrected chi connectivity index (χ4v) is 2.45. The molecule has 1 aromatic heterocycles. The molecule has 112 valence electrons. The Kier molecular flexibility index (Phi) is 4.17. The molecule has 1 N–H and O–H groups in total. The van der Waals surface area contributed by atoms with Crippen molar-refractivity contribution in [2.45, 2.75) is 26.0 Å². The topological polar surface area (TPSA) is 71.6 Å². The number of nitrogens with zero attached hydrogens (tertiary/aromatic N) is 3.